The van der Waals surface area contributed by atoms with Crippen LogP contribution in [0.5, 0.6) is 5.75 Å². The Morgan fingerprint density at radius 2 is 2.22 bits per heavy atom. The van der Waals surface area contributed by atoms with Gasteiger partial charge in [-0.3, -0.25) is 4.99 Å². The third-order valence-corrected chi connectivity index (χ3v) is 7.01. The fraction of sp³-hybridized carbons (Fsp3) is 0.667. The number of rotatable bonds is 7. The molecule has 1 aromatic rings. The maximum Gasteiger partial charge on any atom is 0.191 e. The maximum atomic E-state index is 5.52. The van der Waals surface area contributed by atoms with Crippen molar-refractivity contribution < 1.29 is 4.74 Å². The third kappa shape index (κ3) is 5.47. The quantitative estimate of drug-likeness (QED) is 0.552. The monoisotopic (exact) mass is 390 g/mol. The number of nitrogens with one attached hydrogen (secondary N) is 2. The van der Waals surface area contributed by atoms with Crippen molar-refractivity contribution in [1.82, 2.24) is 10.6 Å². The highest BCUT2D eigenvalue weighted by Gasteiger charge is 2.29. The molecule has 0 bridgehead atoms. The molecule has 2 aliphatic rings. The lowest BCUT2D eigenvalue weighted by Crippen LogP contribution is -2.41. The topological polar surface area (TPSA) is 48.9 Å². The second kappa shape index (κ2) is 9.58. The predicted molar refractivity (Wildman–Crippen MR) is 117 cm³/mol. The lowest BCUT2D eigenvalue weighted by atomic mass is 10.1. The van der Waals surface area contributed by atoms with E-state index in [-0.39, 0.29) is 0 Å². The van der Waals surface area contributed by atoms with Gasteiger partial charge < -0.3 is 20.3 Å². The lowest BCUT2D eigenvalue weighted by Gasteiger charge is -2.22. The average Bonchev–Trinajstić information content (AvgIpc) is 3.33. The van der Waals surface area contributed by atoms with Crippen LogP contribution in [-0.4, -0.2) is 56.3 Å². The van der Waals surface area contributed by atoms with Gasteiger partial charge >= 0.3 is 0 Å². The first-order chi connectivity index (χ1) is 13.1. The lowest BCUT2D eigenvalue weighted by molar-refractivity contribution is 0.414. The molecule has 0 radical (unpaired) electrons. The van der Waals surface area contributed by atoms with Gasteiger partial charge in [-0.1, -0.05) is 12.1 Å². The van der Waals surface area contributed by atoms with Gasteiger partial charge in [-0.25, -0.2) is 0 Å². The Balaban J connectivity index is 1.52. The van der Waals surface area contributed by atoms with Crippen LogP contribution in [0, 0.1) is 5.92 Å². The van der Waals surface area contributed by atoms with Gasteiger partial charge in [-0.05, 0) is 56.9 Å². The van der Waals surface area contributed by atoms with E-state index in [1.807, 2.05) is 12.1 Å². The molecule has 6 heteroatoms. The SMILES string of the molecule is CCNC(=NCC1(C)CCCS1)NCC1CCN(c2ccccc2OC)C1. The van der Waals surface area contributed by atoms with E-state index in [1.165, 1.54) is 30.7 Å². The Bertz CT molecular complexity index is 630. The van der Waals surface area contributed by atoms with Crippen molar-refractivity contribution in [2.75, 3.05) is 50.5 Å². The summed E-state index contributed by atoms with van der Waals surface area (Å²) in [5.74, 6) is 3.82. The molecule has 2 fully saturated rings. The fourth-order valence-electron chi connectivity index (χ4n) is 3.90. The fourth-order valence-corrected chi connectivity index (χ4v) is 5.13. The Kier molecular flexibility index (Phi) is 7.16. The molecular weight excluding hydrogens is 356 g/mol. The van der Waals surface area contributed by atoms with Gasteiger partial charge in [0, 0.05) is 30.9 Å². The van der Waals surface area contributed by atoms with Crippen LogP contribution in [0.15, 0.2) is 29.3 Å². The van der Waals surface area contributed by atoms with E-state index < -0.39 is 0 Å². The van der Waals surface area contributed by atoms with Crippen LogP contribution in [0.25, 0.3) is 0 Å². The van der Waals surface area contributed by atoms with Crippen molar-refractivity contribution in [2.24, 2.45) is 10.9 Å². The molecule has 5 nitrogen and oxygen atoms in total. The molecule has 0 saturated carbocycles. The number of methoxy groups -OCH3 is 1. The number of para-hydroxylation sites is 2. The van der Waals surface area contributed by atoms with Gasteiger partial charge in [0.05, 0.1) is 19.3 Å². The van der Waals surface area contributed by atoms with Gasteiger partial charge in [-0.15, -0.1) is 0 Å². The van der Waals surface area contributed by atoms with Gasteiger partial charge in [0.1, 0.15) is 5.75 Å². The largest absolute Gasteiger partial charge is 0.495 e. The summed E-state index contributed by atoms with van der Waals surface area (Å²) in [5, 5.41) is 6.98. The summed E-state index contributed by atoms with van der Waals surface area (Å²) in [6.45, 7) is 9.36. The number of thioether (sulfide) groups is 1. The van der Waals surface area contributed by atoms with Gasteiger partial charge in [0.25, 0.3) is 0 Å². The normalized spacial score (nSPS) is 25.7. The second-order valence-corrected chi connectivity index (χ2v) is 9.43. The molecule has 1 aromatic carbocycles. The Labute approximate surface area is 168 Å². The molecule has 0 aliphatic carbocycles. The minimum atomic E-state index is 0.316. The van der Waals surface area contributed by atoms with Crippen LogP contribution in [0.2, 0.25) is 0 Å². The van der Waals surface area contributed by atoms with E-state index in [4.69, 9.17) is 9.73 Å². The zero-order chi connectivity index (χ0) is 19.1. The molecule has 2 saturated heterocycles. The molecule has 2 heterocycles. The summed E-state index contributed by atoms with van der Waals surface area (Å²) < 4.78 is 5.84. The smallest absolute Gasteiger partial charge is 0.191 e. The molecule has 3 rings (SSSR count). The van der Waals surface area contributed by atoms with E-state index in [9.17, 15) is 0 Å². The number of hydrogen-bond donors (Lipinski definition) is 2. The van der Waals surface area contributed by atoms with Crippen LogP contribution in [-0.2, 0) is 0 Å². The predicted octanol–water partition coefficient (Wildman–Crippen LogP) is 3.36. The van der Waals surface area contributed by atoms with E-state index in [0.717, 1.165) is 44.4 Å². The summed E-state index contributed by atoms with van der Waals surface area (Å²) in [6, 6.07) is 8.30. The molecule has 0 amide bonds. The number of nitrogens with zero attached hydrogens (tertiary/aromatic N) is 2. The van der Waals surface area contributed by atoms with E-state index >= 15 is 0 Å². The minimum Gasteiger partial charge on any atom is -0.495 e. The average molecular weight is 391 g/mol. The highest BCUT2D eigenvalue weighted by atomic mass is 32.2. The molecule has 0 aromatic heterocycles. The summed E-state index contributed by atoms with van der Waals surface area (Å²) in [6.07, 6.45) is 3.79. The van der Waals surface area contributed by atoms with Crippen LogP contribution in [0.1, 0.15) is 33.1 Å². The molecule has 0 spiro atoms. The van der Waals surface area contributed by atoms with E-state index in [1.54, 1.807) is 7.11 Å². The standard InChI is InChI=1S/C21H34N4OS/c1-4-22-20(24-16-21(2)11-7-13-27-21)23-14-17-10-12-25(15-17)18-8-5-6-9-19(18)26-3/h5-6,8-9,17H,4,7,10-16H2,1-3H3,(H2,22,23,24). The summed E-state index contributed by atoms with van der Waals surface area (Å²) in [5.41, 5.74) is 1.20. The van der Waals surface area contributed by atoms with Crippen molar-refractivity contribution >= 4 is 23.4 Å². The van der Waals surface area contributed by atoms with E-state index in [0.29, 0.717) is 10.7 Å². The number of guanidine groups is 1. The van der Waals surface area contributed by atoms with Crippen LogP contribution < -0.4 is 20.3 Å². The number of ether oxygens (including phenoxy) is 1. The highest BCUT2D eigenvalue weighted by Crippen LogP contribution is 2.37. The first kappa shape index (κ1) is 20.2. The van der Waals surface area contributed by atoms with Crippen LogP contribution in [0.4, 0.5) is 5.69 Å². The third-order valence-electron chi connectivity index (χ3n) is 5.49. The maximum absolute atomic E-state index is 5.52. The number of anilines is 1. The molecule has 2 unspecified atom stereocenters. The Hall–Kier alpha value is -1.56. The molecule has 27 heavy (non-hydrogen) atoms. The first-order valence-electron chi connectivity index (χ1n) is 10.2. The summed E-state index contributed by atoms with van der Waals surface area (Å²) in [4.78, 5) is 7.31. The van der Waals surface area contributed by atoms with Crippen LogP contribution in [0.3, 0.4) is 0 Å². The Morgan fingerprint density at radius 3 is 2.96 bits per heavy atom. The van der Waals surface area contributed by atoms with Gasteiger partial charge in [0.15, 0.2) is 5.96 Å². The highest BCUT2D eigenvalue weighted by molar-refractivity contribution is 8.00. The zero-order valence-corrected chi connectivity index (χ0v) is 17.8. The van der Waals surface area contributed by atoms with Crippen molar-refractivity contribution in [1.29, 1.82) is 0 Å². The minimum absolute atomic E-state index is 0.316. The molecule has 2 N–H and O–H groups in total. The molecule has 150 valence electrons. The number of hydrogen-bond acceptors (Lipinski definition) is 4. The van der Waals surface area contributed by atoms with Gasteiger partial charge in [0.2, 0.25) is 0 Å². The second-order valence-electron chi connectivity index (χ2n) is 7.75. The van der Waals surface area contributed by atoms with Crippen molar-refractivity contribution in [3.05, 3.63) is 24.3 Å². The van der Waals surface area contributed by atoms with Crippen molar-refractivity contribution in [3.63, 3.8) is 0 Å². The molecular formula is C21H34N4OS. The first-order valence-corrected chi connectivity index (χ1v) is 11.2. The Morgan fingerprint density at radius 1 is 1.37 bits per heavy atom. The number of benzene rings is 1. The van der Waals surface area contributed by atoms with E-state index in [2.05, 4.69) is 53.3 Å². The zero-order valence-electron chi connectivity index (χ0n) is 17.0. The molecule has 2 atom stereocenters. The van der Waals surface area contributed by atoms with Crippen LogP contribution >= 0.6 is 11.8 Å². The van der Waals surface area contributed by atoms with Crippen molar-refractivity contribution in [3.8, 4) is 5.75 Å². The summed E-state index contributed by atoms with van der Waals surface area (Å²) in [7, 11) is 1.75. The number of aliphatic imine (C=N–C) groups is 1. The molecule has 2 aliphatic heterocycles. The summed E-state index contributed by atoms with van der Waals surface area (Å²) >= 11 is 2.07. The van der Waals surface area contributed by atoms with Gasteiger partial charge in [-0.2, -0.15) is 11.8 Å². The van der Waals surface area contributed by atoms with Crippen molar-refractivity contribution in [2.45, 2.75) is 37.9 Å².